The Bertz CT molecular complexity index is 925. The van der Waals surface area contributed by atoms with Crippen LogP contribution in [0.5, 0.6) is 11.5 Å². The van der Waals surface area contributed by atoms with E-state index in [0.717, 1.165) is 5.39 Å². The molecule has 0 spiro atoms. The summed E-state index contributed by atoms with van der Waals surface area (Å²) in [5.74, 6) is 0.374. The standard InChI is InChI=1S/C18H15N3O3/c19-11-13-3-1-2-4-17(13)24-8-7-20-18(23)16-9-12-5-6-14(22)10-15(12)21-16/h1-6,9-10,21-22H,7-8H2,(H,20,23). The number of amides is 1. The van der Waals surface area contributed by atoms with E-state index in [-0.39, 0.29) is 18.3 Å². The van der Waals surface area contributed by atoms with Gasteiger partial charge in [-0.15, -0.1) is 0 Å². The number of ether oxygens (including phenoxy) is 1. The molecule has 2 aromatic carbocycles. The van der Waals surface area contributed by atoms with Crippen molar-refractivity contribution in [1.29, 1.82) is 5.26 Å². The van der Waals surface area contributed by atoms with Gasteiger partial charge >= 0.3 is 0 Å². The largest absolute Gasteiger partial charge is 0.508 e. The fourth-order valence-electron chi connectivity index (χ4n) is 2.34. The molecule has 0 saturated heterocycles. The van der Waals surface area contributed by atoms with Crippen molar-refractivity contribution in [3.63, 3.8) is 0 Å². The predicted octanol–water partition coefficient (Wildman–Crippen LogP) is 2.55. The van der Waals surface area contributed by atoms with E-state index in [4.69, 9.17) is 10.00 Å². The maximum Gasteiger partial charge on any atom is 0.267 e. The first kappa shape index (κ1) is 15.4. The number of carbonyl (C=O) groups excluding carboxylic acids is 1. The average molecular weight is 321 g/mol. The lowest BCUT2D eigenvalue weighted by molar-refractivity contribution is 0.0943. The number of phenols is 1. The van der Waals surface area contributed by atoms with E-state index < -0.39 is 0 Å². The van der Waals surface area contributed by atoms with Crippen molar-refractivity contribution < 1.29 is 14.6 Å². The number of para-hydroxylation sites is 1. The number of aromatic amines is 1. The highest BCUT2D eigenvalue weighted by molar-refractivity contribution is 5.98. The molecule has 3 rings (SSSR count). The van der Waals surface area contributed by atoms with E-state index in [9.17, 15) is 9.90 Å². The number of fused-ring (bicyclic) bond motifs is 1. The number of hydrogen-bond acceptors (Lipinski definition) is 4. The molecule has 3 aromatic rings. The van der Waals surface area contributed by atoms with Crippen molar-refractivity contribution in [3.05, 3.63) is 59.8 Å². The van der Waals surface area contributed by atoms with Crippen LogP contribution < -0.4 is 10.1 Å². The highest BCUT2D eigenvalue weighted by Gasteiger charge is 2.09. The molecule has 24 heavy (non-hydrogen) atoms. The van der Waals surface area contributed by atoms with Crippen LogP contribution in [0.3, 0.4) is 0 Å². The third-order valence-electron chi connectivity index (χ3n) is 3.50. The number of phenolic OH excluding ortho intramolecular Hbond substituents is 1. The van der Waals surface area contributed by atoms with Gasteiger partial charge in [0, 0.05) is 17.0 Å². The highest BCUT2D eigenvalue weighted by atomic mass is 16.5. The summed E-state index contributed by atoms with van der Waals surface area (Å²) in [5, 5.41) is 22.0. The first-order valence-corrected chi connectivity index (χ1v) is 7.39. The third-order valence-corrected chi connectivity index (χ3v) is 3.50. The fourth-order valence-corrected chi connectivity index (χ4v) is 2.34. The third kappa shape index (κ3) is 3.31. The molecule has 0 aliphatic carbocycles. The molecule has 1 heterocycles. The summed E-state index contributed by atoms with van der Waals surface area (Å²) >= 11 is 0. The van der Waals surface area contributed by atoms with Gasteiger partial charge in [0.15, 0.2) is 0 Å². The van der Waals surface area contributed by atoms with Crippen molar-refractivity contribution >= 4 is 16.8 Å². The number of H-pyrrole nitrogens is 1. The molecule has 0 bridgehead atoms. The fraction of sp³-hybridized carbons (Fsp3) is 0.111. The number of benzene rings is 2. The van der Waals surface area contributed by atoms with Gasteiger partial charge in [0.1, 0.15) is 29.9 Å². The van der Waals surface area contributed by atoms with E-state index in [1.807, 2.05) is 0 Å². The van der Waals surface area contributed by atoms with Crippen LogP contribution in [0.4, 0.5) is 0 Å². The molecule has 1 aromatic heterocycles. The molecular weight excluding hydrogens is 306 g/mol. The van der Waals surface area contributed by atoms with Gasteiger partial charge in [-0.3, -0.25) is 4.79 Å². The number of carbonyl (C=O) groups is 1. The van der Waals surface area contributed by atoms with Crippen LogP contribution in [0, 0.1) is 11.3 Å². The molecular formula is C18H15N3O3. The van der Waals surface area contributed by atoms with Gasteiger partial charge in [-0.2, -0.15) is 5.26 Å². The van der Waals surface area contributed by atoms with Crippen molar-refractivity contribution in [3.8, 4) is 17.6 Å². The summed E-state index contributed by atoms with van der Waals surface area (Å²) < 4.78 is 5.51. The lowest BCUT2D eigenvalue weighted by atomic mass is 10.2. The lowest BCUT2D eigenvalue weighted by Crippen LogP contribution is -2.28. The quantitative estimate of drug-likeness (QED) is 0.629. The van der Waals surface area contributed by atoms with Crippen molar-refractivity contribution in [1.82, 2.24) is 10.3 Å². The van der Waals surface area contributed by atoms with Crippen LogP contribution in [0.2, 0.25) is 0 Å². The lowest BCUT2D eigenvalue weighted by Gasteiger charge is -2.08. The zero-order chi connectivity index (χ0) is 16.9. The molecule has 3 N–H and O–H groups in total. The molecule has 1 amide bonds. The molecule has 6 nitrogen and oxygen atoms in total. The monoisotopic (exact) mass is 321 g/mol. The number of rotatable bonds is 5. The van der Waals surface area contributed by atoms with Crippen LogP contribution in [0.15, 0.2) is 48.5 Å². The van der Waals surface area contributed by atoms with Gasteiger partial charge in [-0.25, -0.2) is 0 Å². The Hall–Kier alpha value is -3.46. The van der Waals surface area contributed by atoms with E-state index in [0.29, 0.717) is 29.1 Å². The summed E-state index contributed by atoms with van der Waals surface area (Å²) in [6.45, 7) is 0.560. The molecule has 0 saturated carbocycles. The van der Waals surface area contributed by atoms with E-state index in [2.05, 4.69) is 16.4 Å². The number of hydrogen-bond donors (Lipinski definition) is 3. The number of aromatic hydroxyl groups is 1. The molecule has 120 valence electrons. The second-order valence-electron chi connectivity index (χ2n) is 5.17. The smallest absolute Gasteiger partial charge is 0.267 e. The molecule has 0 aliphatic rings. The van der Waals surface area contributed by atoms with E-state index in [1.165, 1.54) is 0 Å². The van der Waals surface area contributed by atoms with Crippen molar-refractivity contribution in [2.24, 2.45) is 0 Å². The number of nitrogens with zero attached hydrogens (tertiary/aromatic N) is 1. The zero-order valence-electron chi connectivity index (χ0n) is 12.7. The zero-order valence-corrected chi connectivity index (χ0v) is 12.7. The first-order chi connectivity index (χ1) is 11.7. The Labute approximate surface area is 138 Å². The summed E-state index contributed by atoms with van der Waals surface area (Å²) in [5.41, 5.74) is 1.56. The topological polar surface area (TPSA) is 98.1 Å². The Morgan fingerprint density at radius 3 is 2.92 bits per heavy atom. The Morgan fingerprint density at radius 1 is 1.25 bits per heavy atom. The van der Waals surface area contributed by atoms with Crippen molar-refractivity contribution in [2.75, 3.05) is 13.2 Å². The minimum absolute atomic E-state index is 0.140. The Morgan fingerprint density at radius 2 is 2.08 bits per heavy atom. The van der Waals surface area contributed by atoms with Crippen LogP contribution in [0.25, 0.3) is 10.9 Å². The van der Waals surface area contributed by atoms with Crippen LogP contribution in [-0.2, 0) is 0 Å². The second kappa shape index (κ2) is 6.75. The molecule has 0 unspecified atom stereocenters. The van der Waals surface area contributed by atoms with Gasteiger partial charge in [-0.05, 0) is 30.3 Å². The maximum absolute atomic E-state index is 12.1. The molecule has 0 radical (unpaired) electrons. The normalized spacial score (nSPS) is 10.3. The number of nitrogens with one attached hydrogen (secondary N) is 2. The summed E-state index contributed by atoms with van der Waals surface area (Å²) in [7, 11) is 0. The van der Waals surface area contributed by atoms with Crippen LogP contribution in [0.1, 0.15) is 16.1 Å². The van der Waals surface area contributed by atoms with E-state index in [1.54, 1.807) is 48.5 Å². The molecule has 0 atom stereocenters. The number of aromatic nitrogens is 1. The average Bonchev–Trinajstić information content (AvgIpc) is 3.02. The SMILES string of the molecule is N#Cc1ccccc1OCCNC(=O)c1cc2ccc(O)cc2[nH]1. The van der Waals surface area contributed by atoms with Gasteiger partial charge in [0.25, 0.3) is 5.91 Å². The predicted molar refractivity (Wildman–Crippen MR) is 88.9 cm³/mol. The van der Waals surface area contributed by atoms with E-state index >= 15 is 0 Å². The second-order valence-corrected chi connectivity index (χ2v) is 5.17. The molecule has 6 heteroatoms. The summed E-state index contributed by atoms with van der Waals surface area (Å²) in [4.78, 5) is 15.1. The summed E-state index contributed by atoms with van der Waals surface area (Å²) in [6.07, 6.45) is 0. The Balaban J connectivity index is 1.56. The minimum Gasteiger partial charge on any atom is -0.508 e. The summed E-state index contributed by atoms with van der Waals surface area (Å²) in [6, 6.07) is 15.6. The van der Waals surface area contributed by atoms with Crippen LogP contribution >= 0.6 is 0 Å². The highest BCUT2D eigenvalue weighted by Crippen LogP contribution is 2.20. The van der Waals surface area contributed by atoms with Gasteiger partial charge < -0.3 is 20.1 Å². The van der Waals surface area contributed by atoms with Crippen molar-refractivity contribution in [2.45, 2.75) is 0 Å². The van der Waals surface area contributed by atoms with Gasteiger partial charge in [-0.1, -0.05) is 12.1 Å². The van der Waals surface area contributed by atoms with Gasteiger partial charge in [0.2, 0.25) is 0 Å². The van der Waals surface area contributed by atoms with Gasteiger partial charge in [0.05, 0.1) is 12.1 Å². The molecule has 0 fully saturated rings. The number of nitriles is 1. The minimum atomic E-state index is -0.261. The van der Waals surface area contributed by atoms with Crippen LogP contribution in [-0.4, -0.2) is 29.1 Å². The molecule has 0 aliphatic heterocycles. The Kier molecular flexibility index (Phi) is 4.34. The first-order valence-electron chi connectivity index (χ1n) is 7.39. The maximum atomic E-state index is 12.1.